The normalized spacial score (nSPS) is 18.0. The van der Waals surface area contributed by atoms with E-state index in [0.29, 0.717) is 4.88 Å². The van der Waals surface area contributed by atoms with Crippen LogP contribution in [0.1, 0.15) is 20.0 Å². The van der Waals surface area contributed by atoms with Crippen molar-refractivity contribution in [2.24, 2.45) is 0 Å². The van der Waals surface area contributed by atoms with Crippen molar-refractivity contribution >= 4 is 50.5 Å². The van der Waals surface area contributed by atoms with Gasteiger partial charge in [0.1, 0.15) is 27.3 Å². The summed E-state index contributed by atoms with van der Waals surface area (Å²) in [5.41, 5.74) is 4.52. The van der Waals surface area contributed by atoms with E-state index in [-0.39, 0.29) is 55.3 Å². The van der Waals surface area contributed by atoms with E-state index in [1.54, 1.807) is 0 Å². The number of nitrogens with zero attached hydrogens (tertiary/aromatic N) is 4. The minimum Gasteiger partial charge on any atom is -0.399 e. The molecular formula is C18H18ClF2N5O4S2. The minimum atomic E-state index is -3.71. The molecule has 2 aromatic rings. The number of amides is 2. The molecule has 0 spiro atoms. The first-order valence-electron chi connectivity index (χ1n) is 9.51. The van der Waals surface area contributed by atoms with E-state index in [1.165, 1.54) is 20.3 Å². The Bertz CT molecular complexity index is 1150. The van der Waals surface area contributed by atoms with E-state index in [1.807, 2.05) is 0 Å². The maximum absolute atomic E-state index is 14.1. The molecule has 172 valence electrons. The van der Waals surface area contributed by atoms with Crippen LogP contribution in [0.15, 0.2) is 18.3 Å². The van der Waals surface area contributed by atoms with Crippen LogP contribution in [-0.2, 0) is 10.0 Å². The van der Waals surface area contributed by atoms with Crippen molar-refractivity contribution in [3.8, 4) is 0 Å². The number of benzene rings is 1. The van der Waals surface area contributed by atoms with E-state index in [2.05, 4.69) is 4.98 Å². The van der Waals surface area contributed by atoms with Gasteiger partial charge in [0.2, 0.25) is 10.0 Å². The number of nitrogens with two attached hydrogens (primary N) is 1. The van der Waals surface area contributed by atoms with Crippen LogP contribution in [0.3, 0.4) is 0 Å². The molecule has 2 saturated heterocycles. The highest BCUT2D eigenvalue weighted by atomic mass is 35.5. The van der Waals surface area contributed by atoms with Crippen LogP contribution in [0, 0.1) is 11.6 Å². The third-order valence-corrected chi connectivity index (χ3v) is 8.74. The SMILES string of the molecule is Nc1cc(F)c(C(=O)N2CCN(S(=O)(=O)C3CN(C(=O)c4cnc(Cl)s4)C3)CC2)c(F)c1. The predicted octanol–water partition coefficient (Wildman–Crippen LogP) is 1.27. The number of aromatic nitrogens is 1. The quantitative estimate of drug-likeness (QED) is 0.625. The fourth-order valence-corrected chi connectivity index (χ4v) is 6.35. The summed E-state index contributed by atoms with van der Waals surface area (Å²) in [5, 5.41) is -0.760. The Labute approximate surface area is 191 Å². The Hall–Kier alpha value is -2.35. The highest BCUT2D eigenvalue weighted by Crippen LogP contribution is 2.26. The first kappa shape index (κ1) is 22.8. The Morgan fingerprint density at radius 1 is 1.06 bits per heavy atom. The van der Waals surface area contributed by atoms with Gasteiger partial charge < -0.3 is 15.5 Å². The van der Waals surface area contributed by atoms with E-state index < -0.39 is 38.4 Å². The molecule has 1 aromatic carbocycles. The zero-order valence-corrected chi connectivity index (χ0v) is 18.9. The lowest BCUT2D eigenvalue weighted by Gasteiger charge is -2.42. The van der Waals surface area contributed by atoms with Crippen LogP contribution >= 0.6 is 22.9 Å². The number of halogens is 3. The van der Waals surface area contributed by atoms with E-state index in [4.69, 9.17) is 17.3 Å². The fourth-order valence-electron chi connectivity index (χ4n) is 3.61. The van der Waals surface area contributed by atoms with E-state index in [0.717, 1.165) is 23.5 Å². The molecule has 2 aliphatic rings. The van der Waals surface area contributed by atoms with Crippen molar-refractivity contribution < 1.29 is 26.8 Å². The van der Waals surface area contributed by atoms with Crippen LogP contribution in [0.25, 0.3) is 0 Å². The first-order valence-corrected chi connectivity index (χ1v) is 12.2. The lowest BCUT2D eigenvalue weighted by atomic mass is 10.1. The van der Waals surface area contributed by atoms with Crippen LogP contribution in [0.4, 0.5) is 14.5 Å². The van der Waals surface area contributed by atoms with Gasteiger partial charge in [-0.15, -0.1) is 0 Å². The summed E-state index contributed by atoms with van der Waals surface area (Å²) in [5.74, 6) is -3.32. The van der Waals surface area contributed by atoms with Gasteiger partial charge in [0, 0.05) is 45.0 Å². The van der Waals surface area contributed by atoms with Gasteiger partial charge in [0.25, 0.3) is 11.8 Å². The summed E-state index contributed by atoms with van der Waals surface area (Å²) in [7, 11) is -3.71. The number of carbonyl (C=O) groups is 2. The molecule has 0 aliphatic carbocycles. The van der Waals surface area contributed by atoms with Gasteiger partial charge >= 0.3 is 0 Å². The molecule has 32 heavy (non-hydrogen) atoms. The van der Waals surface area contributed by atoms with Crippen LogP contribution in [-0.4, -0.2) is 83.8 Å². The topological polar surface area (TPSA) is 117 Å². The molecule has 0 bridgehead atoms. The number of rotatable bonds is 4. The van der Waals surface area contributed by atoms with Gasteiger partial charge in [-0.25, -0.2) is 22.2 Å². The third kappa shape index (κ3) is 4.17. The summed E-state index contributed by atoms with van der Waals surface area (Å²) >= 11 is 6.75. The first-order chi connectivity index (χ1) is 15.1. The van der Waals surface area contributed by atoms with E-state index >= 15 is 0 Å². The smallest absolute Gasteiger partial charge is 0.265 e. The summed E-state index contributed by atoms with van der Waals surface area (Å²) in [6.07, 6.45) is 1.35. The third-order valence-electron chi connectivity index (χ3n) is 5.41. The molecule has 0 saturated carbocycles. The Morgan fingerprint density at radius 2 is 1.66 bits per heavy atom. The number of thiazole rings is 1. The van der Waals surface area contributed by atoms with E-state index in [9.17, 15) is 26.8 Å². The van der Waals surface area contributed by atoms with Crippen molar-refractivity contribution in [1.82, 2.24) is 19.1 Å². The summed E-state index contributed by atoms with van der Waals surface area (Å²) in [6, 6.07) is 1.72. The molecule has 0 radical (unpaired) electrons. The number of likely N-dealkylation sites (tertiary alicyclic amines) is 1. The zero-order chi connectivity index (χ0) is 23.2. The maximum Gasteiger partial charge on any atom is 0.265 e. The largest absolute Gasteiger partial charge is 0.399 e. The monoisotopic (exact) mass is 505 g/mol. The van der Waals surface area contributed by atoms with Crippen LogP contribution < -0.4 is 5.73 Å². The number of anilines is 1. The molecular weight excluding hydrogens is 488 g/mol. The molecule has 2 aliphatic heterocycles. The Morgan fingerprint density at radius 3 is 2.19 bits per heavy atom. The number of hydrogen-bond acceptors (Lipinski definition) is 7. The molecule has 0 atom stereocenters. The predicted molar refractivity (Wildman–Crippen MR) is 114 cm³/mol. The van der Waals surface area contributed by atoms with Crippen molar-refractivity contribution in [2.75, 3.05) is 45.0 Å². The number of piperazine rings is 1. The lowest BCUT2D eigenvalue weighted by Crippen LogP contribution is -2.62. The highest BCUT2D eigenvalue weighted by molar-refractivity contribution is 7.89. The molecule has 2 amide bonds. The second-order valence-corrected chi connectivity index (χ2v) is 11.2. The molecule has 1 aromatic heterocycles. The number of hydrogen-bond donors (Lipinski definition) is 1. The molecule has 2 N–H and O–H groups in total. The van der Waals surface area contributed by atoms with Crippen LogP contribution in [0.5, 0.6) is 0 Å². The average molecular weight is 506 g/mol. The van der Waals surface area contributed by atoms with Gasteiger partial charge in [-0.1, -0.05) is 22.9 Å². The molecule has 14 heteroatoms. The second kappa shape index (κ2) is 8.54. The summed E-state index contributed by atoms with van der Waals surface area (Å²) in [6.45, 7) is 0.0177. The van der Waals surface area contributed by atoms with Gasteiger partial charge in [-0.05, 0) is 12.1 Å². The maximum atomic E-state index is 14.1. The van der Waals surface area contributed by atoms with Crippen molar-refractivity contribution in [3.05, 3.63) is 44.9 Å². The Kier molecular flexibility index (Phi) is 6.09. The van der Waals surface area contributed by atoms with Crippen molar-refractivity contribution in [1.29, 1.82) is 0 Å². The number of nitrogen functional groups attached to an aromatic ring is 1. The number of sulfonamides is 1. The minimum absolute atomic E-state index is 0.0127. The van der Waals surface area contributed by atoms with Gasteiger partial charge in [0.05, 0.1) is 6.20 Å². The molecule has 3 heterocycles. The molecule has 4 rings (SSSR count). The Balaban J connectivity index is 1.35. The van der Waals surface area contributed by atoms with Gasteiger partial charge in [-0.2, -0.15) is 4.31 Å². The summed E-state index contributed by atoms with van der Waals surface area (Å²) < 4.78 is 55.3. The zero-order valence-electron chi connectivity index (χ0n) is 16.5. The molecule has 2 fully saturated rings. The van der Waals surface area contributed by atoms with Crippen molar-refractivity contribution in [2.45, 2.75) is 5.25 Å². The molecule has 0 unspecified atom stereocenters. The highest BCUT2D eigenvalue weighted by Gasteiger charge is 2.44. The average Bonchev–Trinajstić information content (AvgIpc) is 3.12. The fraction of sp³-hybridized carbons (Fsp3) is 0.389. The lowest BCUT2D eigenvalue weighted by molar-refractivity contribution is 0.0640. The van der Waals surface area contributed by atoms with Gasteiger partial charge in [-0.3, -0.25) is 9.59 Å². The number of carbonyl (C=O) groups excluding carboxylic acids is 2. The van der Waals surface area contributed by atoms with Crippen LogP contribution in [0.2, 0.25) is 4.47 Å². The summed E-state index contributed by atoms with van der Waals surface area (Å²) in [4.78, 5) is 31.6. The standard InChI is InChI=1S/C18H18ClF2N5O4S2/c19-18-23-7-14(31-18)16(27)25-8-11(9-25)32(29,30)26-3-1-24(2-4-26)17(28)15-12(20)5-10(22)6-13(15)21/h5-7,11H,1-4,8-9,22H2. The molecule has 9 nitrogen and oxygen atoms in total. The second-order valence-electron chi connectivity index (χ2n) is 7.41. The van der Waals surface area contributed by atoms with Crippen molar-refractivity contribution in [3.63, 3.8) is 0 Å². The van der Waals surface area contributed by atoms with Gasteiger partial charge in [0.15, 0.2) is 4.47 Å².